The lowest BCUT2D eigenvalue weighted by Crippen LogP contribution is -2.26. The largest absolute Gasteiger partial charge is 0.496 e. The van der Waals surface area contributed by atoms with Gasteiger partial charge in [-0.15, -0.1) is 0 Å². The maximum absolute atomic E-state index is 13.3. The second-order valence-corrected chi connectivity index (χ2v) is 2.74. The number of methoxy groups -OCH3 is 1. The minimum Gasteiger partial charge on any atom is -0.496 e. The Kier molecular flexibility index (Phi) is 3.22. The summed E-state index contributed by atoms with van der Waals surface area (Å²) >= 11 is 0. The van der Waals surface area contributed by atoms with E-state index in [9.17, 15) is 4.39 Å². The lowest BCUT2D eigenvalue weighted by molar-refractivity contribution is 0.394. The van der Waals surface area contributed by atoms with Crippen molar-refractivity contribution >= 4 is 0 Å². The van der Waals surface area contributed by atoms with E-state index < -0.39 is 0 Å². The first kappa shape index (κ1) is 9.95. The molecule has 13 heavy (non-hydrogen) atoms. The van der Waals surface area contributed by atoms with Crippen molar-refractivity contribution in [3.05, 3.63) is 29.6 Å². The zero-order valence-electron chi connectivity index (χ0n) is 7.67. The first-order valence-electron chi connectivity index (χ1n) is 3.99. The standard InChI is InChI=1S/C9H13FN2O/c1-6(12-11)9-7(10)4-3-5-8(9)13-2/h3-6,12H,11H2,1-2H3. The van der Waals surface area contributed by atoms with Crippen molar-refractivity contribution in [2.24, 2.45) is 5.84 Å². The fraction of sp³-hybridized carbons (Fsp3) is 0.333. The van der Waals surface area contributed by atoms with Gasteiger partial charge in [-0.05, 0) is 19.1 Å². The molecule has 0 radical (unpaired) electrons. The van der Waals surface area contributed by atoms with Gasteiger partial charge in [0.1, 0.15) is 11.6 Å². The van der Waals surface area contributed by atoms with E-state index in [4.69, 9.17) is 10.6 Å². The van der Waals surface area contributed by atoms with Crippen LogP contribution < -0.4 is 16.0 Å². The van der Waals surface area contributed by atoms with Crippen molar-refractivity contribution < 1.29 is 9.13 Å². The van der Waals surface area contributed by atoms with Crippen LogP contribution in [-0.4, -0.2) is 7.11 Å². The monoisotopic (exact) mass is 184 g/mol. The maximum atomic E-state index is 13.3. The fourth-order valence-corrected chi connectivity index (χ4v) is 1.20. The van der Waals surface area contributed by atoms with Crippen LogP contribution in [-0.2, 0) is 0 Å². The lowest BCUT2D eigenvalue weighted by Gasteiger charge is -2.14. The summed E-state index contributed by atoms with van der Waals surface area (Å²) in [7, 11) is 1.50. The summed E-state index contributed by atoms with van der Waals surface area (Å²) in [6.45, 7) is 1.76. The minimum absolute atomic E-state index is 0.267. The van der Waals surface area contributed by atoms with Crippen LogP contribution in [0.25, 0.3) is 0 Å². The second kappa shape index (κ2) is 4.20. The molecule has 72 valence electrons. The number of benzene rings is 1. The van der Waals surface area contributed by atoms with Crippen LogP contribution in [0, 0.1) is 5.82 Å². The molecule has 0 amide bonds. The number of hydrogen-bond acceptors (Lipinski definition) is 3. The summed E-state index contributed by atoms with van der Waals surface area (Å²) in [5.41, 5.74) is 2.93. The zero-order valence-corrected chi connectivity index (χ0v) is 7.67. The Labute approximate surface area is 76.7 Å². The summed E-state index contributed by atoms with van der Waals surface area (Å²) in [4.78, 5) is 0. The Bertz CT molecular complexity index is 291. The molecule has 0 saturated heterocycles. The molecule has 0 fully saturated rings. The van der Waals surface area contributed by atoms with E-state index in [1.807, 2.05) is 0 Å². The van der Waals surface area contributed by atoms with Crippen LogP contribution in [0.15, 0.2) is 18.2 Å². The normalized spacial score (nSPS) is 12.6. The molecule has 1 atom stereocenters. The molecule has 0 spiro atoms. The van der Waals surface area contributed by atoms with E-state index in [1.54, 1.807) is 19.1 Å². The molecule has 0 heterocycles. The van der Waals surface area contributed by atoms with Crippen molar-refractivity contribution in [1.82, 2.24) is 5.43 Å². The van der Waals surface area contributed by atoms with E-state index >= 15 is 0 Å². The molecule has 0 saturated carbocycles. The fourth-order valence-electron chi connectivity index (χ4n) is 1.20. The molecule has 0 aliphatic rings. The SMILES string of the molecule is COc1cccc(F)c1C(C)NN. The smallest absolute Gasteiger partial charge is 0.131 e. The predicted octanol–water partition coefficient (Wildman–Crippen LogP) is 1.36. The zero-order chi connectivity index (χ0) is 9.84. The molecule has 3 nitrogen and oxygen atoms in total. The number of hydrogen-bond donors (Lipinski definition) is 2. The third-order valence-corrected chi connectivity index (χ3v) is 1.92. The van der Waals surface area contributed by atoms with Crippen LogP contribution in [0.2, 0.25) is 0 Å². The van der Waals surface area contributed by atoms with Gasteiger partial charge < -0.3 is 4.74 Å². The van der Waals surface area contributed by atoms with E-state index in [2.05, 4.69) is 5.43 Å². The van der Waals surface area contributed by atoms with Crippen LogP contribution in [0.1, 0.15) is 18.5 Å². The molecule has 3 N–H and O–H groups in total. The Hall–Kier alpha value is -1.13. The number of nitrogens with two attached hydrogens (primary N) is 1. The van der Waals surface area contributed by atoms with Crippen molar-refractivity contribution in [2.75, 3.05) is 7.11 Å². The van der Waals surface area contributed by atoms with Crippen molar-refractivity contribution in [3.63, 3.8) is 0 Å². The lowest BCUT2D eigenvalue weighted by atomic mass is 10.1. The van der Waals surface area contributed by atoms with Gasteiger partial charge in [-0.25, -0.2) is 4.39 Å². The summed E-state index contributed by atoms with van der Waals surface area (Å²) in [5.74, 6) is 5.41. The summed E-state index contributed by atoms with van der Waals surface area (Å²) < 4.78 is 18.3. The van der Waals surface area contributed by atoms with Gasteiger partial charge in [0.15, 0.2) is 0 Å². The first-order valence-corrected chi connectivity index (χ1v) is 3.99. The third-order valence-electron chi connectivity index (χ3n) is 1.92. The predicted molar refractivity (Wildman–Crippen MR) is 48.7 cm³/mol. The summed E-state index contributed by atoms with van der Waals surface area (Å²) in [6.07, 6.45) is 0. The molecule has 1 aromatic rings. The molecular weight excluding hydrogens is 171 g/mol. The third kappa shape index (κ3) is 1.96. The Morgan fingerprint density at radius 1 is 1.54 bits per heavy atom. The highest BCUT2D eigenvalue weighted by molar-refractivity contribution is 5.36. The average molecular weight is 184 g/mol. The van der Waals surface area contributed by atoms with Gasteiger partial charge in [0, 0.05) is 11.6 Å². The number of ether oxygens (including phenoxy) is 1. The average Bonchev–Trinajstić information content (AvgIpc) is 2.16. The van der Waals surface area contributed by atoms with Crippen molar-refractivity contribution in [3.8, 4) is 5.75 Å². The van der Waals surface area contributed by atoms with E-state index in [0.29, 0.717) is 11.3 Å². The molecule has 1 aromatic carbocycles. The van der Waals surface area contributed by atoms with Gasteiger partial charge in [-0.2, -0.15) is 0 Å². The molecular formula is C9H13FN2O. The van der Waals surface area contributed by atoms with Gasteiger partial charge in [0.2, 0.25) is 0 Å². The highest BCUT2D eigenvalue weighted by atomic mass is 19.1. The molecule has 1 rings (SSSR count). The van der Waals surface area contributed by atoms with Gasteiger partial charge in [0.25, 0.3) is 0 Å². The topological polar surface area (TPSA) is 47.3 Å². The second-order valence-electron chi connectivity index (χ2n) is 2.74. The van der Waals surface area contributed by atoms with Crippen LogP contribution in [0.5, 0.6) is 5.75 Å². The summed E-state index contributed by atoms with van der Waals surface area (Å²) in [5, 5.41) is 0. The van der Waals surface area contributed by atoms with E-state index in [0.717, 1.165) is 0 Å². The minimum atomic E-state index is -0.315. The van der Waals surface area contributed by atoms with Gasteiger partial charge in [-0.1, -0.05) is 6.07 Å². The molecule has 0 aromatic heterocycles. The van der Waals surface area contributed by atoms with Crippen LogP contribution in [0.3, 0.4) is 0 Å². The van der Waals surface area contributed by atoms with Crippen molar-refractivity contribution in [2.45, 2.75) is 13.0 Å². The molecule has 1 unspecified atom stereocenters. The Morgan fingerprint density at radius 3 is 2.77 bits per heavy atom. The van der Waals surface area contributed by atoms with Crippen LogP contribution >= 0.6 is 0 Å². The van der Waals surface area contributed by atoms with E-state index in [-0.39, 0.29) is 11.9 Å². The highest BCUT2D eigenvalue weighted by Crippen LogP contribution is 2.26. The van der Waals surface area contributed by atoms with Gasteiger partial charge in [-0.3, -0.25) is 11.3 Å². The highest BCUT2D eigenvalue weighted by Gasteiger charge is 2.14. The van der Waals surface area contributed by atoms with E-state index in [1.165, 1.54) is 13.2 Å². The molecule has 4 heteroatoms. The Morgan fingerprint density at radius 2 is 2.23 bits per heavy atom. The quantitative estimate of drug-likeness (QED) is 0.550. The number of hydrazine groups is 1. The maximum Gasteiger partial charge on any atom is 0.131 e. The van der Waals surface area contributed by atoms with Gasteiger partial charge in [0.05, 0.1) is 7.11 Å². The molecule has 0 aliphatic heterocycles. The first-order chi connectivity index (χ1) is 6.20. The molecule has 0 bridgehead atoms. The van der Waals surface area contributed by atoms with Crippen molar-refractivity contribution in [1.29, 1.82) is 0 Å². The van der Waals surface area contributed by atoms with Crippen LogP contribution in [0.4, 0.5) is 4.39 Å². The summed E-state index contributed by atoms with van der Waals surface area (Å²) in [6, 6.07) is 4.41. The number of halogens is 1. The Balaban J connectivity index is 3.14. The number of rotatable bonds is 3. The molecule has 0 aliphatic carbocycles. The van der Waals surface area contributed by atoms with Gasteiger partial charge >= 0.3 is 0 Å². The number of nitrogens with one attached hydrogen (secondary N) is 1.